The minimum Gasteiger partial charge on any atom is -0.481 e. The van der Waals surface area contributed by atoms with Gasteiger partial charge in [0.2, 0.25) is 5.91 Å². The zero-order chi connectivity index (χ0) is 24.5. The van der Waals surface area contributed by atoms with Crippen LogP contribution in [0, 0.1) is 11.8 Å². The van der Waals surface area contributed by atoms with Crippen molar-refractivity contribution in [3.63, 3.8) is 0 Å². The van der Waals surface area contributed by atoms with E-state index in [4.69, 9.17) is 21.4 Å². The van der Waals surface area contributed by atoms with Gasteiger partial charge in [0.1, 0.15) is 11.6 Å². The van der Waals surface area contributed by atoms with Crippen molar-refractivity contribution >= 4 is 35.1 Å². The highest BCUT2D eigenvalue weighted by molar-refractivity contribution is 6.34. The highest BCUT2D eigenvalue weighted by Gasteiger charge is 2.74. The lowest BCUT2D eigenvalue weighted by atomic mass is 9.70. The smallest absolute Gasteiger partial charge is 0.310 e. The molecule has 2 bridgehead atoms. The van der Waals surface area contributed by atoms with E-state index >= 15 is 0 Å². The molecule has 3 aliphatic heterocycles. The van der Waals surface area contributed by atoms with Gasteiger partial charge in [-0.1, -0.05) is 42.7 Å². The van der Waals surface area contributed by atoms with Gasteiger partial charge in [-0.25, -0.2) is 0 Å². The van der Waals surface area contributed by atoms with Crippen LogP contribution in [0.1, 0.15) is 38.5 Å². The molecule has 4 rings (SSSR count). The number of hydrogen-bond donors (Lipinski definition) is 2. The molecule has 5 atom stereocenters. The van der Waals surface area contributed by atoms with Crippen LogP contribution in [0.2, 0.25) is 5.02 Å². The van der Waals surface area contributed by atoms with Gasteiger partial charge in [0.05, 0.1) is 28.6 Å². The summed E-state index contributed by atoms with van der Waals surface area (Å²) in [5.41, 5.74) is -0.653. The number of halogens is 1. The lowest BCUT2D eigenvalue weighted by Gasteiger charge is -2.37. The minimum atomic E-state index is -1.16. The molecule has 34 heavy (non-hydrogen) atoms. The third kappa shape index (κ3) is 4.01. The number of aliphatic hydroxyl groups is 1. The highest BCUT2D eigenvalue weighted by Crippen LogP contribution is 2.58. The summed E-state index contributed by atoms with van der Waals surface area (Å²) < 4.78 is 6.25. The van der Waals surface area contributed by atoms with E-state index in [-0.39, 0.29) is 25.0 Å². The Labute approximate surface area is 204 Å². The lowest BCUT2D eigenvalue weighted by Crippen LogP contribution is -2.56. The van der Waals surface area contributed by atoms with Gasteiger partial charge in [-0.2, -0.15) is 0 Å². The summed E-state index contributed by atoms with van der Waals surface area (Å²) in [5, 5.41) is 19.3. The number of ether oxygens (including phenoxy) is 1. The second-order valence-corrected chi connectivity index (χ2v) is 9.66. The van der Waals surface area contributed by atoms with E-state index in [0.717, 1.165) is 12.8 Å². The fourth-order valence-electron chi connectivity index (χ4n) is 5.96. The Hall–Kier alpha value is -2.42. The van der Waals surface area contributed by atoms with Crippen molar-refractivity contribution in [2.75, 3.05) is 24.6 Å². The lowest BCUT2D eigenvalue weighted by molar-refractivity contribution is -0.149. The van der Waals surface area contributed by atoms with Gasteiger partial charge in [0.15, 0.2) is 0 Å². The number of benzene rings is 1. The Bertz CT molecular complexity index is 970. The number of anilines is 1. The molecule has 3 saturated heterocycles. The van der Waals surface area contributed by atoms with Crippen molar-refractivity contribution in [1.29, 1.82) is 0 Å². The van der Waals surface area contributed by atoms with E-state index in [0.29, 0.717) is 42.9 Å². The van der Waals surface area contributed by atoms with Crippen LogP contribution in [0.5, 0.6) is 0 Å². The number of nitrogens with zero attached hydrogens (tertiary/aromatic N) is 2. The number of aliphatic carboxylic acids is 1. The standard InChI is InChI=1S/C25H31ClN2O6/c1-2-13-27(17-10-6-5-9-16(17)26)23(31)21-25-12-11-18(34-25)19(24(32)33)20(25)22(30)28(21)14-7-3-4-8-15-29/h2,5-6,9-10,18-21,29H,1,3-4,7-8,11-15H2,(H,32,33)/t18-,19+,20+,21-,25+/m1/s1. The maximum atomic E-state index is 14.1. The van der Waals surface area contributed by atoms with Crippen molar-refractivity contribution in [2.24, 2.45) is 11.8 Å². The summed E-state index contributed by atoms with van der Waals surface area (Å²) in [7, 11) is 0. The molecule has 8 nitrogen and oxygen atoms in total. The normalized spacial score (nSPS) is 29.4. The minimum absolute atomic E-state index is 0.110. The number of likely N-dealkylation sites (tertiary alicyclic amines) is 1. The van der Waals surface area contributed by atoms with Crippen LogP contribution in [-0.2, 0) is 19.1 Å². The molecule has 1 aromatic rings. The van der Waals surface area contributed by atoms with Crippen molar-refractivity contribution < 1.29 is 29.3 Å². The largest absolute Gasteiger partial charge is 0.481 e. The number of para-hydroxylation sites is 1. The summed E-state index contributed by atoms with van der Waals surface area (Å²) in [6, 6.07) is 6.05. The number of unbranched alkanes of at least 4 members (excludes halogenated alkanes) is 3. The third-order valence-electron chi connectivity index (χ3n) is 7.35. The first-order valence-corrected chi connectivity index (χ1v) is 12.2. The molecule has 1 spiro atoms. The number of carboxylic acids is 1. The van der Waals surface area contributed by atoms with Gasteiger partial charge in [0.25, 0.3) is 5.91 Å². The molecule has 0 radical (unpaired) electrons. The first kappa shape index (κ1) is 24.7. The molecule has 3 heterocycles. The number of fused-ring (bicyclic) bond motifs is 1. The second kappa shape index (κ2) is 10.1. The Kier molecular flexibility index (Phi) is 7.31. The first-order chi connectivity index (χ1) is 16.4. The molecular weight excluding hydrogens is 460 g/mol. The monoisotopic (exact) mass is 490 g/mol. The number of carbonyl (C=O) groups is 3. The highest BCUT2D eigenvalue weighted by atomic mass is 35.5. The average molecular weight is 491 g/mol. The number of hydrogen-bond acceptors (Lipinski definition) is 5. The first-order valence-electron chi connectivity index (χ1n) is 11.9. The number of amides is 2. The quantitative estimate of drug-likeness (QED) is 0.365. The van der Waals surface area contributed by atoms with Crippen LogP contribution < -0.4 is 4.90 Å². The van der Waals surface area contributed by atoms with Crippen LogP contribution in [-0.4, -0.2) is 70.3 Å². The molecule has 184 valence electrons. The van der Waals surface area contributed by atoms with Crippen molar-refractivity contribution in [1.82, 2.24) is 4.90 Å². The molecule has 0 saturated carbocycles. The van der Waals surface area contributed by atoms with Crippen molar-refractivity contribution in [3.05, 3.63) is 41.9 Å². The van der Waals surface area contributed by atoms with Gasteiger partial charge < -0.3 is 24.7 Å². The van der Waals surface area contributed by atoms with Gasteiger partial charge >= 0.3 is 5.97 Å². The Balaban J connectivity index is 1.70. The zero-order valence-electron chi connectivity index (χ0n) is 19.1. The van der Waals surface area contributed by atoms with Crippen LogP contribution in [0.25, 0.3) is 0 Å². The summed E-state index contributed by atoms with van der Waals surface area (Å²) in [6.45, 7) is 4.40. The molecule has 9 heteroatoms. The molecule has 1 aromatic carbocycles. The number of carbonyl (C=O) groups excluding carboxylic acids is 2. The zero-order valence-corrected chi connectivity index (χ0v) is 19.8. The molecule has 0 aliphatic carbocycles. The number of rotatable bonds is 11. The van der Waals surface area contributed by atoms with Gasteiger partial charge in [-0.15, -0.1) is 6.58 Å². The predicted octanol–water partition coefficient (Wildman–Crippen LogP) is 2.87. The molecule has 3 fully saturated rings. The molecular formula is C25H31ClN2O6. The summed E-state index contributed by atoms with van der Waals surface area (Å²) in [4.78, 5) is 42.9. The number of carboxylic acid groups (broad SMARTS) is 1. The maximum absolute atomic E-state index is 14.1. The number of aliphatic hydroxyl groups excluding tert-OH is 1. The van der Waals surface area contributed by atoms with E-state index in [1.165, 1.54) is 9.80 Å². The van der Waals surface area contributed by atoms with E-state index in [1.54, 1.807) is 30.3 Å². The maximum Gasteiger partial charge on any atom is 0.310 e. The summed E-state index contributed by atoms with van der Waals surface area (Å²) in [5.74, 6) is -3.57. The molecule has 2 N–H and O–H groups in total. The second-order valence-electron chi connectivity index (χ2n) is 9.25. The van der Waals surface area contributed by atoms with E-state index in [1.807, 2.05) is 0 Å². The van der Waals surface area contributed by atoms with E-state index in [2.05, 4.69) is 6.58 Å². The Morgan fingerprint density at radius 1 is 1.26 bits per heavy atom. The topological polar surface area (TPSA) is 107 Å². The van der Waals surface area contributed by atoms with Gasteiger partial charge in [-0.3, -0.25) is 14.4 Å². The van der Waals surface area contributed by atoms with Crippen LogP contribution in [0.3, 0.4) is 0 Å². The molecule has 0 unspecified atom stereocenters. The summed E-state index contributed by atoms with van der Waals surface area (Å²) >= 11 is 6.42. The Morgan fingerprint density at radius 3 is 2.68 bits per heavy atom. The van der Waals surface area contributed by atoms with Crippen LogP contribution in [0.15, 0.2) is 36.9 Å². The van der Waals surface area contributed by atoms with Crippen molar-refractivity contribution in [2.45, 2.75) is 56.3 Å². The summed E-state index contributed by atoms with van der Waals surface area (Å²) in [6.07, 6.45) is 4.91. The molecule has 2 amide bonds. The van der Waals surface area contributed by atoms with Crippen LogP contribution >= 0.6 is 11.6 Å². The fraction of sp³-hybridized carbons (Fsp3) is 0.560. The predicted molar refractivity (Wildman–Crippen MR) is 127 cm³/mol. The average Bonchev–Trinajstić information content (AvgIpc) is 3.45. The van der Waals surface area contributed by atoms with E-state index < -0.39 is 35.6 Å². The van der Waals surface area contributed by atoms with E-state index in [9.17, 15) is 19.5 Å². The SMILES string of the molecule is C=CCN(C(=O)[C@H]1N(CCCCCCO)C(=O)[C@@H]2[C@@H](C(=O)O)[C@H]3CC[C@]21O3)c1ccccc1Cl. The molecule has 3 aliphatic rings. The fourth-order valence-corrected chi connectivity index (χ4v) is 6.19. The Morgan fingerprint density at radius 2 is 2.00 bits per heavy atom. The molecule has 0 aromatic heterocycles. The third-order valence-corrected chi connectivity index (χ3v) is 7.67. The van der Waals surface area contributed by atoms with Gasteiger partial charge in [0, 0.05) is 19.7 Å². The van der Waals surface area contributed by atoms with Gasteiger partial charge in [-0.05, 0) is 37.8 Å². The van der Waals surface area contributed by atoms with Crippen molar-refractivity contribution in [3.8, 4) is 0 Å². The van der Waals surface area contributed by atoms with Crippen LogP contribution in [0.4, 0.5) is 5.69 Å².